The third kappa shape index (κ3) is 5.58. The van der Waals surface area contributed by atoms with E-state index in [0.717, 1.165) is 0 Å². The lowest BCUT2D eigenvalue weighted by Gasteiger charge is -2.12. The molecule has 1 atom stereocenters. The molecule has 64 valence electrons. The van der Waals surface area contributed by atoms with Crippen molar-refractivity contribution in [1.82, 2.24) is 0 Å². The zero-order valence-electron chi connectivity index (χ0n) is 7.22. The van der Waals surface area contributed by atoms with Crippen LogP contribution >= 0.6 is 0 Å². The van der Waals surface area contributed by atoms with Gasteiger partial charge in [0, 0.05) is 13.3 Å². The first-order valence-electron chi connectivity index (χ1n) is 3.73. The minimum absolute atomic E-state index is 0.0538. The van der Waals surface area contributed by atoms with Gasteiger partial charge in [-0.1, -0.05) is 6.92 Å². The van der Waals surface area contributed by atoms with E-state index in [9.17, 15) is 9.59 Å². The van der Waals surface area contributed by atoms with E-state index in [0.29, 0.717) is 12.8 Å². The molecule has 0 aliphatic carbocycles. The maximum absolute atomic E-state index is 10.6. The molecule has 0 aliphatic heterocycles. The number of hydrogen-bond donors (Lipinski definition) is 0. The summed E-state index contributed by atoms with van der Waals surface area (Å²) in [7, 11) is 0. The van der Waals surface area contributed by atoms with Gasteiger partial charge < -0.3 is 4.74 Å². The molecule has 11 heavy (non-hydrogen) atoms. The van der Waals surface area contributed by atoms with Crippen LogP contribution in [0.5, 0.6) is 0 Å². The average Bonchev–Trinajstić information content (AvgIpc) is 1.84. The van der Waals surface area contributed by atoms with Crippen LogP contribution in [0, 0.1) is 0 Å². The normalized spacial score (nSPS) is 12.3. The van der Waals surface area contributed by atoms with Crippen molar-refractivity contribution in [3.63, 3.8) is 0 Å². The van der Waals surface area contributed by atoms with Gasteiger partial charge in [0.1, 0.15) is 11.9 Å². The Balaban J connectivity index is 3.76. The standard InChI is InChI=1S/C8H14O3/c1-4-8(5-6(2)9)11-7(3)10/h8H,4-5H2,1-3H3. The van der Waals surface area contributed by atoms with E-state index in [1.165, 1.54) is 13.8 Å². The highest BCUT2D eigenvalue weighted by molar-refractivity contribution is 5.76. The zero-order chi connectivity index (χ0) is 8.85. The van der Waals surface area contributed by atoms with E-state index < -0.39 is 0 Å². The lowest BCUT2D eigenvalue weighted by atomic mass is 10.1. The summed E-state index contributed by atoms with van der Waals surface area (Å²) < 4.78 is 4.85. The first-order valence-corrected chi connectivity index (χ1v) is 3.73. The molecule has 0 spiro atoms. The summed E-state index contributed by atoms with van der Waals surface area (Å²) in [4.78, 5) is 21.1. The minimum atomic E-state index is -0.321. The number of Topliss-reactive ketones (excluding diaryl/α,β-unsaturated/α-hetero) is 1. The van der Waals surface area contributed by atoms with Crippen molar-refractivity contribution < 1.29 is 14.3 Å². The fraction of sp³-hybridized carbons (Fsp3) is 0.750. The topological polar surface area (TPSA) is 43.4 Å². The third-order valence-corrected chi connectivity index (χ3v) is 1.30. The number of hydrogen-bond acceptors (Lipinski definition) is 3. The van der Waals surface area contributed by atoms with Crippen LogP contribution in [0.3, 0.4) is 0 Å². The molecule has 0 aromatic rings. The Morgan fingerprint density at radius 2 is 1.91 bits per heavy atom. The molecule has 0 amide bonds. The summed E-state index contributed by atoms with van der Waals surface area (Å²) in [6, 6.07) is 0. The van der Waals surface area contributed by atoms with Crippen molar-refractivity contribution in [3.8, 4) is 0 Å². The first kappa shape index (κ1) is 10.1. The lowest BCUT2D eigenvalue weighted by Crippen LogP contribution is -2.18. The second-order valence-electron chi connectivity index (χ2n) is 2.55. The van der Waals surface area contributed by atoms with E-state index in [2.05, 4.69) is 0 Å². The van der Waals surface area contributed by atoms with Crippen molar-refractivity contribution in [1.29, 1.82) is 0 Å². The number of ether oxygens (including phenoxy) is 1. The van der Waals surface area contributed by atoms with Gasteiger partial charge in [-0.2, -0.15) is 0 Å². The number of carbonyl (C=O) groups is 2. The minimum Gasteiger partial charge on any atom is -0.462 e. The van der Waals surface area contributed by atoms with E-state index in [-0.39, 0.29) is 17.9 Å². The SMILES string of the molecule is CCC(CC(C)=O)OC(C)=O. The van der Waals surface area contributed by atoms with Crippen LogP contribution < -0.4 is 0 Å². The van der Waals surface area contributed by atoms with Crippen molar-refractivity contribution in [2.24, 2.45) is 0 Å². The molecule has 0 heterocycles. The van der Waals surface area contributed by atoms with Crippen LogP contribution in [-0.2, 0) is 14.3 Å². The van der Waals surface area contributed by atoms with Gasteiger partial charge in [-0.15, -0.1) is 0 Å². The van der Waals surface area contributed by atoms with Gasteiger partial charge in [0.05, 0.1) is 0 Å². The largest absolute Gasteiger partial charge is 0.462 e. The summed E-state index contributed by atoms with van der Waals surface area (Å²) in [5.41, 5.74) is 0. The molecule has 0 saturated carbocycles. The Morgan fingerprint density at radius 1 is 1.36 bits per heavy atom. The van der Waals surface area contributed by atoms with E-state index in [4.69, 9.17) is 4.74 Å². The lowest BCUT2D eigenvalue weighted by molar-refractivity contribution is -0.147. The highest BCUT2D eigenvalue weighted by Gasteiger charge is 2.11. The summed E-state index contributed by atoms with van der Waals surface area (Å²) in [5, 5.41) is 0. The summed E-state index contributed by atoms with van der Waals surface area (Å²) in [6.07, 6.45) is 0.792. The Labute approximate surface area is 66.7 Å². The molecule has 0 saturated heterocycles. The summed E-state index contributed by atoms with van der Waals surface area (Å²) in [5.74, 6) is -0.267. The van der Waals surface area contributed by atoms with E-state index >= 15 is 0 Å². The first-order chi connectivity index (χ1) is 5.06. The Hall–Kier alpha value is -0.860. The Bertz CT molecular complexity index is 135. The quantitative estimate of drug-likeness (QED) is 0.579. The molecule has 1 unspecified atom stereocenters. The van der Waals surface area contributed by atoms with Crippen LogP contribution in [0.2, 0.25) is 0 Å². The highest BCUT2D eigenvalue weighted by atomic mass is 16.5. The Kier molecular flexibility index (Phi) is 4.50. The smallest absolute Gasteiger partial charge is 0.302 e. The molecule has 0 fully saturated rings. The number of carbonyl (C=O) groups excluding carboxylic acids is 2. The molecule has 0 N–H and O–H groups in total. The van der Waals surface area contributed by atoms with Crippen LogP contribution in [0.15, 0.2) is 0 Å². The predicted octanol–water partition coefficient (Wildman–Crippen LogP) is 1.31. The molecule has 0 aliphatic rings. The van der Waals surface area contributed by atoms with E-state index in [1.54, 1.807) is 0 Å². The monoisotopic (exact) mass is 158 g/mol. The number of esters is 1. The van der Waals surface area contributed by atoms with Crippen LogP contribution in [-0.4, -0.2) is 17.9 Å². The zero-order valence-corrected chi connectivity index (χ0v) is 7.22. The van der Waals surface area contributed by atoms with Gasteiger partial charge in [-0.25, -0.2) is 0 Å². The summed E-state index contributed by atoms with van der Waals surface area (Å²) >= 11 is 0. The number of rotatable bonds is 4. The molecule has 3 nitrogen and oxygen atoms in total. The fourth-order valence-corrected chi connectivity index (χ4v) is 0.825. The van der Waals surface area contributed by atoms with E-state index in [1.807, 2.05) is 6.92 Å². The highest BCUT2D eigenvalue weighted by Crippen LogP contribution is 2.03. The van der Waals surface area contributed by atoms with Crippen LogP contribution in [0.1, 0.15) is 33.6 Å². The van der Waals surface area contributed by atoms with Crippen LogP contribution in [0.25, 0.3) is 0 Å². The van der Waals surface area contributed by atoms with Crippen molar-refractivity contribution in [3.05, 3.63) is 0 Å². The molecule has 0 rings (SSSR count). The molecular formula is C8H14O3. The van der Waals surface area contributed by atoms with Gasteiger partial charge in [0.2, 0.25) is 0 Å². The third-order valence-electron chi connectivity index (χ3n) is 1.30. The van der Waals surface area contributed by atoms with Crippen LogP contribution in [0.4, 0.5) is 0 Å². The second kappa shape index (κ2) is 4.88. The van der Waals surface area contributed by atoms with Gasteiger partial charge in [0.25, 0.3) is 0 Å². The molecule has 0 aromatic carbocycles. The molecule has 0 aromatic heterocycles. The molecule has 0 radical (unpaired) electrons. The number of ketones is 1. The molecular weight excluding hydrogens is 144 g/mol. The maximum atomic E-state index is 10.6. The van der Waals surface area contributed by atoms with Gasteiger partial charge in [-0.3, -0.25) is 9.59 Å². The second-order valence-corrected chi connectivity index (χ2v) is 2.55. The molecule has 0 bridgehead atoms. The van der Waals surface area contributed by atoms with Crippen molar-refractivity contribution >= 4 is 11.8 Å². The average molecular weight is 158 g/mol. The fourth-order valence-electron chi connectivity index (χ4n) is 0.825. The van der Waals surface area contributed by atoms with Crippen molar-refractivity contribution in [2.75, 3.05) is 0 Å². The maximum Gasteiger partial charge on any atom is 0.302 e. The Morgan fingerprint density at radius 3 is 2.18 bits per heavy atom. The predicted molar refractivity (Wildman–Crippen MR) is 41.1 cm³/mol. The summed E-state index contributed by atoms with van der Waals surface area (Å²) in [6.45, 7) is 4.73. The van der Waals surface area contributed by atoms with Crippen molar-refractivity contribution in [2.45, 2.75) is 39.7 Å². The van der Waals surface area contributed by atoms with Gasteiger partial charge in [0.15, 0.2) is 0 Å². The van der Waals surface area contributed by atoms with Gasteiger partial charge in [-0.05, 0) is 13.3 Å². The van der Waals surface area contributed by atoms with Gasteiger partial charge >= 0.3 is 5.97 Å². The molecule has 3 heteroatoms.